The Morgan fingerprint density at radius 3 is 2.55 bits per heavy atom. The SMILES string of the molecule is CCOC(=O)/C=C(/NCOC)C(=O)Cc1ccccc1. The van der Waals surface area contributed by atoms with Crippen molar-refractivity contribution < 1.29 is 19.1 Å². The van der Waals surface area contributed by atoms with Crippen LogP contribution in [0.2, 0.25) is 0 Å². The molecule has 1 N–H and O–H groups in total. The number of hydrogen-bond donors (Lipinski definition) is 1. The van der Waals surface area contributed by atoms with Crippen molar-refractivity contribution in [2.75, 3.05) is 20.4 Å². The Morgan fingerprint density at radius 2 is 1.95 bits per heavy atom. The first-order valence-corrected chi connectivity index (χ1v) is 6.35. The molecule has 1 rings (SSSR count). The molecule has 0 bridgehead atoms. The lowest BCUT2D eigenvalue weighted by atomic mass is 10.1. The second kappa shape index (κ2) is 8.87. The number of benzene rings is 1. The number of allylic oxidation sites excluding steroid dienone is 1. The van der Waals surface area contributed by atoms with Gasteiger partial charge < -0.3 is 14.8 Å². The number of esters is 1. The van der Waals surface area contributed by atoms with Crippen LogP contribution in [0.5, 0.6) is 0 Å². The number of carbonyl (C=O) groups excluding carboxylic acids is 2. The van der Waals surface area contributed by atoms with E-state index in [1.807, 2.05) is 30.3 Å². The first-order valence-electron chi connectivity index (χ1n) is 6.35. The Hall–Kier alpha value is -2.14. The van der Waals surface area contributed by atoms with E-state index in [0.29, 0.717) is 0 Å². The molecule has 0 atom stereocenters. The lowest BCUT2D eigenvalue weighted by Gasteiger charge is -2.09. The highest BCUT2D eigenvalue weighted by Crippen LogP contribution is 2.04. The second-order valence-electron chi connectivity index (χ2n) is 4.01. The number of methoxy groups -OCH3 is 1. The number of hydrogen-bond acceptors (Lipinski definition) is 5. The molecule has 5 heteroatoms. The summed E-state index contributed by atoms with van der Waals surface area (Å²) >= 11 is 0. The van der Waals surface area contributed by atoms with Gasteiger partial charge in [-0.25, -0.2) is 4.79 Å². The van der Waals surface area contributed by atoms with Crippen LogP contribution in [0.1, 0.15) is 12.5 Å². The Balaban J connectivity index is 2.76. The van der Waals surface area contributed by atoms with Gasteiger partial charge in [-0.05, 0) is 12.5 Å². The summed E-state index contributed by atoms with van der Waals surface area (Å²) in [6.45, 7) is 2.12. The predicted octanol–water partition coefficient (Wildman–Crippen LogP) is 1.44. The summed E-state index contributed by atoms with van der Waals surface area (Å²) in [5, 5.41) is 2.77. The van der Waals surface area contributed by atoms with Gasteiger partial charge in [0.1, 0.15) is 6.73 Å². The molecule has 108 valence electrons. The van der Waals surface area contributed by atoms with Crippen LogP contribution in [0.3, 0.4) is 0 Å². The highest BCUT2D eigenvalue weighted by atomic mass is 16.5. The molecule has 0 heterocycles. The zero-order valence-corrected chi connectivity index (χ0v) is 11.7. The molecule has 0 amide bonds. The van der Waals surface area contributed by atoms with Gasteiger partial charge in [0.05, 0.1) is 18.4 Å². The largest absolute Gasteiger partial charge is 0.463 e. The highest BCUT2D eigenvalue weighted by molar-refractivity contribution is 6.01. The molecule has 0 aliphatic rings. The van der Waals surface area contributed by atoms with Gasteiger partial charge in [-0.15, -0.1) is 0 Å². The van der Waals surface area contributed by atoms with E-state index in [0.717, 1.165) is 11.6 Å². The van der Waals surface area contributed by atoms with Gasteiger partial charge in [-0.1, -0.05) is 30.3 Å². The molecule has 20 heavy (non-hydrogen) atoms. The minimum Gasteiger partial charge on any atom is -0.463 e. The third-order valence-corrected chi connectivity index (χ3v) is 2.46. The molecule has 0 saturated heterocycles. The molecular weight excluding hydrogens is 258 g/mol. The molecule has 0 aromatic heterocycles. The molecular formula is C15H19NO4. The third kappa shape index (κ3) is 5.67. The summed E-state index contributed by atoms with van der Waals surface area (Å²) in [5.41, 5.74) is 1.07. The Bertz CT molecular complexity index is 468. The number of nitrogens with one attached hydrogen (secondary N) is 1. The Kier molecular flexibility index (Phi) is 7.06. The molecule has 0 aliphatic carbocycles. The first kappa shape index (κ1) is 15.9. The summed E-state index contributed by atoms with van der Waals surface area (Å²) in [6, 6.07) is 9.32. The van der Waals surface area contributed by atoms with Crippen molar-refractivity contribution in [3.8, 4) is 0 Å². The van der Waals surface area contributed by atoms with Crippen LogP contribution >= 0.6 is 0 Å². The monoisotopic (exact) mass is 277 g/mol. The van der Waals surface area contributed by atoms with Crippen LogP contribution in [0.4, 0.5) is 0 Å². The number of carbonyl (C=O) groups is 2. The van der Waals surface area contributed by atoms with E-state index in [1.54, 1.807) is 6.92 Å². The fourth-order valence-electron chi connectivity index (χ4n) is 1.56. The number of rotatable bonds is 8. The van der Waals surface area contributed by atoms with Gasteiger partial charge in [-0.2, -0.15) is 0 Å². The van der Waals surface area contributed by atoms with E-state index < -0.39 is 5.97 Å². The summed E-state index contributed by atoms with van der Waals surface area (Å²) in [4.78, 5) is 23.6. The summed E-state index contributed by atoms with van der Waals surface area (Å²) < 4.78 is 9.66. The summed E-state index contributed by atoms with van der Waals surface area (Å²) in [7, 11) is 1.50. The van der Waals surface area contributed by atoms with E-state index in [1.165, 1.54) is 7.11 Å². The van der Waals surface area contributed by atoms with Crippen LogP contribution in [0.25, 0.3) is 0 Å². The standard InChI is InChI=1S/C15H19NO4/c1-3-20-15(18)10-13(16-11-19-2)14(17)9-12-7-5-4-6-8-12/h4-8,10,16H,3,9,11H2,1-2H3/b13-10+. The zero-order valence-electron chi connectivity index (χ0n) is 11.7. The molecule has 1 aromatic carbocycles. The van der Waals surface area contributed by atoms with E-state index in [9.17, 15) is 9.59 Å². The quantitative estimate of drug-likeness (QED) is 0.442. The smallest absolute Gasteiger partial charge is 0.332 e. The second-order valence-corrected chi connectivity index (χ2v) is 4.01. The lowest BCUT2D eigenvalue weighted by molar-refractivity contribution is -0.137. The number of Topliss-reactive ketones (excluding diaryl/α,β-unsaturated/α-hetero) is 1. The van der Waals surface area contributed by atoms with Crippen molar-refractivity contribution in [2.24, 2.45) is 0 Å². The van der Waals surface area contributed by atoms with Gasteiger partial charge in [0.2, 0.25) is 0 Å². The van der Waals surface area contributed by atoms with Crippen molar-refractivity contribution in [1.29, 1.82) is 0 Å². The van der Waals surface area contributed by atoms with Crippen molar-refractivity contribution in [3.05, 3.63) is 47.7 Å². The molecule has 0 saturated carbocycles. The van der Waals surface area contributed by atoms with Crippen LogP contribution < -0.4 is 5.32 Å². The van der Waals surface area contributed by atoms with Crippen LogP contribution in [0, 0.1) is 0 Å². The molecule has 0 fully saturated rings. The fraction of sp³-hybridized carbons (Fsp3) is 0.333. The van der Waals surface area contributed by atoms with Gasteiger partial charge >= 0.3 is 5.97 Å². The van der Waals surface area contributed by atoms with Gasteiger partial charge in [0, 0.05) is 13.5 Å². The van der Waals surface area contributed by atoms with E-state index in [4.69, 9.17) is 9.47 Å². The van der Waals surface area contributed by atoms with Crippen molar-refractivity contribution in [3.63, 3.8) is 0 Å². The average Bonchev–Trinajstić information content (AvgIpc) is 2.44. The highest BCUT2D eigenvalue weighted by Gasteiger charge is 2.12. The predicted molar refractivity (Wildman–Crippen MR) is 74.9 cm³/mol. The van der Waals surface area contributed by atoms with E-state index in [-0.39, 0.29) is 31.2 Å². The van der Waals surface area contributed by atoms with Gasteiger partial charge in [0.25, 0.3) is 0 Å². The van der Waals surface area contributed by atoms with Crippen molar-refractivity contribution in [2.45, 2.75) is 13.3 Å². The van der Waals surface area contributed by atoms with Gasteiger partial charge in [-0.3, -0.25) is 4.79 Å². The maximum atomic E-state index is 12.2. The third-order valence-electron chi connectivity index (χ3n) is 2.46. The molecule has 5 nitrogen and oxygen atoms in total. The minimum atomic E-state index is -0.549. The van der Waals surface area contributed by atoms with Crippen LogP contribution in [0.15, 0.2) is 42.1 Å². The van der Waals surface area contributed by atoms with Crippen molar-refractivity contribution >= 4 is 11.8 Å². The maximum absolute atomic E-state index is 12.2. The zero-order chi connectivity index (χ0) is 14.8. The van der Waals surface area contributed by atoms with Gasteiger partial charge in [0.15, 0.2) is 5.78 Å². The fourth-order valence-corrected chi connectivity index (χ4v) is 1.56. The first-order chi connectivity index (χ1) is 9.67. The Labute approximate surface area is 118 Å². The lowest BCUT2D eigenvalue weighted by Crippen LogP contribution is -2.25. The average molecular weight is 277 g/mol. The number of ether oxygens (including phenoxy) is 2. The van der Waals surface area contributed by atoms with Crippen LogP contribution in [-0.2, 0) is 25.5 Å². The van der Waals surface area contributed by atoms with Crippen LogP contribution in [-0.4, -0.2) is 32.2 Å². The molecule has 0 radical (unpaired) electrons. The van der Waals surface area contributed by atoms with E-state index >= 15 is 0 Å². The molecule has 0 unspecified atom stereocenters. The Morgan fingerprint density at radius 1 is 1.25 bits per heavy atom. The molecule has 1 aromatic rings. The maximum Gasteiger partial charge on any atom is 0.332 e. The normalized spacial score (nSPS) is 11.0. The number of ketones is 1. The topological polar surface area (TPSA) is 64.6 Å². The summed E-state index contributed by atoms with van der Waals surface area (Å²) in [5.74, 6) is -0.742. The molecule has 0 aliphatic heterocycles. The minimum absolute atomic E-state index is 0.145. The van der Waals surface area contributed by atoms with E-state index in [2.05, 4.69) is 5.32 Å². The van der Waals surface area contributed by atoms with Crippen molar-refractivity contribution in [1.82, 2.24) is 5.32 Å². The molecule has 0 spiro atoms. The summed E-state index contributed by atoms with van der Waals surface area (Å²) in [6.07, 6.45) is 1.37.